The van der Waals surface area contributed by atoms with Gasteiger partial charge in [0.25, 0.3) is 0 Å². The summed E-state index contributed by atoms with van der Waals surface area (Å²) < 4.78 is 0. The van der Waals surface area contributed by atoms with E-state index in [1.165, 1.54) is 5.56 Å². The average Bonchev–Trinajstić information content (AvgIpc) is 2.54. The molecule has 2 rings (SSSR count). The van der Waals surface area contributed by atoms with Gasteiger partial charge < -0.3 is 10.4 Å². The van der Waals surface area contributed by atoms with E-state index in [0.29, 0.717) is 6.54 Å². The molecule has 3 heteroatoms. The first-order valence-electron chi connectivity index (χ1n) is 7.62. The van der Waals surface area contributed by atoms with E-state index in [0.717, 1.165) is 17.5 Å². The van der Waals surface area contributed by atoms with Gasteiger partial charge in [0.1, 0.15) is 0 Å². The third kappa shape index (κ3) is 4.79. The quantitative estimate of drug-likeness (QED) is 0.772. The molecule has 0 aliphatic carbocycles. The highest BCUT2D eigenvalue weighted by atomic mass is 16.3. The van der Waals surface area contributed by atoms with E-state index in [2.05, 4.69) is 12.2 Å². The van der Waals surface area contributed by atoms with E-state index in [-0.39, 0.29) is 11.8 Å². The van der Waals surface area contributed by atoms with Crippen molar-refractivity contribution in [2.75, 3.05) is 6.54 Å². The minimum atomic E-state index is -0.497. The average molecular weight is 297 g/mol. The summed E-state index contributed by atoms with van der Waals surface area (Å²) in [7, 11) is 0. The van der Waals surface area contributed by atoms with Gasteiger partial charge in [0.05, 0.1) is 6.10 Å². The summed E-state index contributed by atoms with van der Waals surface area (Å²) in [6, 6.07) is 17.6. The van der Waals surface area contributed by atoms with Gasteiger partial charge in [0.2, 0.25) is 0 Å². The van der Waals surface area contributed by atoms with Gasteiger partial charge in [-0.3, -0.25) is 4.79 Å². The predicted molar refractivity (Wildman–Crippen MR) is 89.0 cm³/mol. The molecule has 0 bridgehead atoms. The van der Waals surface area contributed by atoms with Crippen LogP contribution in [0.25, 0.3) is 0 Å². The molecule has 0 saturated carbocycles. The lowest BCUT2D eigenvalue weighted by molar-refractivity contribution is 0.101. The Morgan fingerprint density at radius 2 is 1.73 bits per heavy atom. The van der Waals surface area contributed by atoms with Crippen molar-refractivity contribution in [2.45, 2.75) is 32.4 Å². The van der Waals surface area contributed by atoms with Crippen LogP contribution in [0.3, 0.4) is 0 Å². The lowest BCUT2D eigenvalue weighted by atomic mass is 10.0. The van der Waals surface area contributed by atoms with E-state index in [4.69, 9.17) is 0 Å². The van der Waals surface area contributed by atoms with E-state index in [1.54, 1.807) is 6.92 Å². The van der Waals surface area contributed by atoms with Crippen molar-refractivity contribution in [3.8, 4) is 0 Å². The second kappa shape index (κ2) is 7.87. The minimum Gasteiger partial charge on any atom is -0.387 e. The standard InChI is InChI=1S/C19H23NO2/c1-14(12-16-8-10-17(11-9-16)15(2)21)20-13-19(22)18-6-4-3-5-7-18/h3-11,14,19-20,22H,12-13H2,1-2H3/t14-,19+/m1/s1. The maximum atomic E-state index is 11.3. The number of hydrogen-bond donors (Lipinski definition) is 2. The number of benzene rings is 2. The lowest BCUT2D eigenvalue weighted by Gasteiger charge is -2.17. The molecule has 0 aliphatic rings. The molecule has 116 valence electrons. The molecule has 0 saturated heterocycles. The van der Waals surface area contributed by atoms with Gasteiger partial charge in [-0.15, -0.1) is 0 Å². The normalized spacial score (nSPS) is 13.6. The van der Waals surface area contributed by atoms with Gasteiger partial charge in [-0.2, -0.15) is 0 Å². The fraction of sp³-hybridized carbons (Fsp3) is 0.316. The van der Waals surface area contributed by atoms with Crippen molar-refractivity contribution in [3.05, 3.63) is 71.3 Å². The number of carbonyl (C=O) groups is 1. The first-order chi connectivity index (χ1) is 10.6. The SMILES string of the molecule is CC(=O)c1ccc(C[C@@H](C)NC[C@H](O)c2ccccc2)cc1. The summed E-state index contributed by atoms with van der Waals surface area (Å²) >= 11 is 0. The summed E-state index contributed by atoms with van der Waals surface area (Å²) in [5.41, 5.74) is 2.84. The molecule has 2 aromatic carbocycles. The van der Waals surface area contributed by atoms with Crippen LogP contribution in [0.5, 0.6) is 0 Å². The van der Waals surface area contributed by atoms with Crippen LogP contribution >= 0.6 is 0 Å². The molecular formula is C19H23NO2. The summed E-state index contributed by atoms with van der Waals surface area (Å²) in [6.07, 6.45) is 0.364. The third-order valence-corrected chi connectivity index (χ3v) is 3.75. The topological polar surface area (TPSA) is 49.3 Å². The van der Waals surface area contributed by atoms with Crippen molar-refractivity contribution in [3.63, 3.8) is 0 Å². The van der Waals surface area contributed by atoms with Crippen molar-refractivity contribution < 1.29 is 9.90 Å². The molecule has 0 radical (unpaired) electrons. The number of Topliss-reactive ketones (excluding diaryl/α,β-unsaturated/α-hetero) is 1. The molecule has 3 nitrogen and oxygen atoms in total. The smallest absolute Gasteiger partial charge is 0.159 e. The van der Waals surface area contributed by atoms with Crippen LogP contribution in [0.15, 0.2) is 54.6 Å². The van der Waals surface area contributed by atoms with Crippen LogP contribution < -0.4 is 5.32 Å². The van der Waals surface area contributed by atoms with Crippen LogP contribution in [0.1, 0.15) is 41.4 Å². The second-order valence-electron chi connectivity index (χ2n) is 5.69. The van der Waals surface area contributed by atoms with Crippen LogP contribution in [-0.4, -0.2) is 23.5 Å². The third-order valence-electron chi connectivity index (χ3n) is 3.75. The highest BCUT2D eigenvalue weighted by Crippen LogP contribution is 2.12. The molecule has 2 atom stereocenters. The van der Waals surface area contributed by atoms with Gasteiger partial charge in [-0.25, -0.2) is 0 Å². The lowest BCUT2D eigenvalue weighted by Crippen LogP contribution is -2.32. The summed E-state index contributed by atoms with van der Waals surface area (Å²) in [6.45, 7) is 4.19. The Bertz CT molecular complexity index is 593. The Morgan fingerprint density at radius 1 is 1.09 bits per heavy atom. The van der Waals surface area contributed by atoms with Gasteiger partial charge >= 0.3 is 0 Å². The fourth-order valence-electron chi connectivity index (χ4n) is 2.41. The molecule has 0 heterocycles. The number of hydrogen-bond acceptors (Lipinski definition) is 3. The monoisotopic (exact) mass is 297 g/mol. The zero-order valence-corrected chi connectivity index (χ0v) is 13.1. The highest BCUT2D eigenvalue weighted by Gasteiger charge is 2.09. The Balaban J connectivity index is 1.82. The number of rotatable bonds is 7. The number of ketones is 1. The molecular weight excluding hydrogens is 274 g/mol. The van der Waals surface area contributed by atoms with E-state index < -0.39 is 6.10 Å². The number of nitrogens with one attached hydrogen (secondary N) is 1. The Labute approximate surface area is 132 Å². The zero-order valence-electron chi connectivity index (χ0n) is 13.1. The first-order valence-corrected chi connectivity index (χ1v) is 7.62. The first kappa shape index (κ1) is 16.4. The van der Waals surface area contributed by atoms with Gasteiger partial charge in [0.15, 0.2) is 5.78 Å². The molecule has 2 aromatic rings. The van der Waals surface area contributed by atoms with E-state index in [9.17, 15) is 9.90 Å². The van der Waals surface area contributed by atoms with Gasteiger partial charge in [0, 0.05) is 18.2 Å². The minimum absolute atomic E-state index is 0.0868. The Hall–Kier alpha value is -1.97. The molecule has 0 unspecified atom stereocenters. The summed E-state index contributed by atoms with van der Waals surface area (Å²) in [5.74, 6) is 0.0868. The van der Waals surface area contributed by atoms with Gasteiger partial charge in [-0.05, 0) is 31.4 Å². The molecule has 0 aliphatic heterocycles. The molecule has 0 aromatic heterocycles. The maximum Gasteiger partial charge on any atom is 0.159 e. The zero-order chi connectivity index (χ0) is 15.9. The van der Waals surface area contributed by atoms with Crippen molar-refractivity contribution in [1.82, 2.24) is 5.32 Å². The summed E-state index contributed by atoms with van der Waals surface area (Å²) in [5, 5.41) is 13.5. The van der Waals surface area contributed by atoms with Gasteiger partial charge in [-0.1, -0.05) is 54.6 Å². The van der Waals surface area contributed by atoms with Crippen LogP contribution in [0, 0.1) is 0 Å². The van der Waals surface area contributed by atoms with E-state index >= 15 is 0 Å². The molecule has 0 amide bonds. The Kier molecular flexibility index (Phi) is 5.87. The number of carbonyl (C=O) groups excluding carboxylic acids is 1. The van der Waals surface area contributed by atoms with Crippen molar-refractivity contribution in [1.29, 1.82) is 0 Å². The van der Waals surface area contributed by atoms with Crippen LogP contribution in [0.4, 0.5) is 0 Å². The van der Waals surface area contributed by atoms with Crippen LogP contribution in [0.2, 0.25) is 0 Å². The van der Waals surface area contributed by atoms with Crippen molar-refractivity contribution >= 4 is 5.78 Å². The molecule has 2 N–H and O–H groups in total. The maximum absolute atomic E-state index is 11.3. The largest absolute Gasteiger partial charge is 0.387 e. The fourth-order valence-corrected chi connectivity index (χ4v) is 2.41. The number of aliphatic hydroxyl groups is 1. The Morgan fingerprint density at radius 3 is 2.32 bits per heavy atom. The second-order valence-corrected chi connectivity index (χ2v) is 5.69. The predicted octanol–water partition coefficient (Wildman–Crippen LogP) is 3.14. The molecule has 0 spiro atoms. The summed E-state index contributed by atoms with van der Waals surface area (Å²) in [4.78, 5) is 11.3. The van der Waals surface area contributed by atoms with Crippen molar-refractivity contribution in [2.24, 2.45) is 0 Å². The van der Waals surface area contributed by atoms with Crippen LogP contribution in [-0.2, 0) is 6.42 Å². The highest BCUT2D eigenvalue weighted by molar-refractivity contribution is 5.93. The molecule has 0 fully saturated rings. The van der Waals surface area contributed by atoms with E-state index in [1.807, 2.05) is 54.6 Å². The number of aliphatic hydroxyl groups excluding tert-OH is 1. The molecule has 22 heavy (non-hydrogen) atoms.